The van der Waals surface area contributed by atoms with Gasteiger partial charge in [0.15, 0.2) is 10.4 Å². The van der Waals surface area contributed by atoms with Crippen molar-refractivity contribution in [2.45, 2.75) is 12.8 Å². The molecule has 0 aliphatic carbocycles. The van der Waals surface area contributed by atoms with Crippen LogP contribution >= 0.6 is 15.9 Å². The topological polar surface area (TPSA) is 60.1 Å². The molecule has 5 aromatic rings. The number of hydrogen-bond donors (Lipinski definition) is 1. The number of rotatable bonds is 6. The van der Waals surface area contributed by atoms with E-state index in [1.165, 1.54) is 5.56 Å². The summed E-state index contributed by atoms with van der Waals surface area (Å²) < 4.78 is 8.05. The largest absolute Gasteiger partial charge is 0.444 e. The Kier molecular flexibility index (Phi) is 5.60. The van der Waals surface area contributed by atoms with Gasteiger partial charge < -0.3 is 9.73 Å². The fourth-order valence-electron chi connectivity index (χ4n) is 3.75. The standard InChI is InChI=1S/C26H20BrN3O2/c27-24-16-15-23(32-24)26(31)28-19-13-10-18(11-14-19)12-17-25-29-21-8-4-5-9-22(21)30(25)20-6-2-1-3-7-20/h1-11,13-16H,12,17H2,(H,28,31). The van der Waals surface area contributed by atoms with E-state index in [9.17, 15) is 4.79 Å². The van der Waals surface area contributed by atoms with Gasteiger partial charge in [-0.1, -0.05) is 42.5 Å². The van der Waals surface area contributed by atoms with Gasteiger partial charge in [-0.3, -0.25) is 9.36 Å². The Morgan fingerprint density at radius 2 is 1.62 bits per heavy atom. The zero-order chi connectivity index (χ0) is 21.9. The molecule has 3 aromatic carbocycles. The SMILES string of the molecule is O=C(Nc1ccc(CCc2nc3ccccc3n2-c2ccccc2)cc1)c1ccc(Br)o1. The molecular weight excluding hydrogens is 466 g/mol. The highest BCUT2D eigenvalue weighted by atomic mass is 79.9. The minimum absolute atomic E-state index is 0.265. The van der Waals surface area contributed by atoms with Crippen LogP contribution in [0.1, 0.15) is 21.9 Å². The van der Waals surface area contributed by atoms with Crippen LogP contribution in [-0.2, 0) is 12.8 Å². The van der Waals surface area contributed by atoms with Crippen LogP contribution in [0.5, 0.6) is 0 Å². The highest BCUT2D eigenvalue weighted by Gasteiger charge is 2.13. The average molecular weight is 486 g/mol. The number of nitrogens with zero attached hydrogens (tertiary/aromatic N) is 2. The molecule has 0 unspecified atom stereocenters. The summed E-state index contributed by atoms with van der Waals surface area (Å²) in [6.07, 6.45) is 1.64. The minimum atomic E-state index is -0.278. The van der Waals surface area contributed by atoms with E-state index in [2.05, 4.69) is 44.0 Å². The second-order valence-corrected chi connectivity index (χ2v) is 8.22. The summed E-state index contributed by atoms with van der Waals surface area (Å²) in [6, 6.07) is 29.7. The summed E-state index contributed by atoms with van der Waals surface area (Å²) in [5.41, 5.74) is 5.11. The summed E-state index contributed by atoms with van der Waals surface area (Å²) in [5, 5.41) is 2.85. The summed E-state index contributed by atoms with van der Waals surface area (Å²) in [7, 11) is 0. The fraction of sp³-hybridized carbons (Fsp3) is 0.0769. The molecule has 1 amide bonds. The molecule has 0 aliphatic rings. The number of halogens is 1. The van der Waals surface area contributed by atoms with E-state index in [0.717, 1.165) is 41.1 Å². The zero-order valence-electron chi connectivity index (χ0n) is 17.2. The molecular formula is C26H20BrN3O2. The number of hydrogen-bond acceptors (Lipinski definition) is 3. The molecule has 0 spiro atoms. The smallest absolute Gasteiger partial charge is 0.291 e. The molecule has 0 saturated heterocycles. The van der Waals surface area contributed by atoms with Crippen molar-refractivity contribution in [1.82, 2.24) is 9.55 Å². The molecule has 0 radical (unpaired) electrons. The zero-order valence-corrected chi connectivity index (χ0v) is 18.7. The summed E-state index contributed by atoms with van der Waals surface area (Å²) in [5.74, 6) is 1.01. The molecule has 158 valence electrons. The fourth-order valence-corrected chi connectivity index (χ4v) is 4.06. The second kappa shape index (κ2) is 8.85. The van der Waals surface area contributed by atoms with Crippen molar-refractivity contribution < 1.29 is 9.21 Å². The third kappa shape index (κ3) is 4.22. The summed E-state index contributed by atoms with van der Waals surface area (Å²) in [6.45, 7) is 0. The van der Waals surface area contributed by atoms with Gasteiger partial charge in [0.2, 0.25) is 0 Å². The first-order valence-electron chi connectivity index (χ1n) is 10.3. The third-order valence-corrected chi connectivity index (χ3v) is 5.72. The Balaban J connectivity index is 1.32. The molecule has 0 bridgehead atoms. The van der Waals surface area contributed by atoms with Crippen molar-refractivity contribution in [2.24, 2.45) is 0 Å². The lowest BCUT2D eigenvalue weighted by molar-refractivity contribution is 0.0995. The monoisotopic (exact) mass is 485 g/mol. The average Bonchev–Trinajstić information content (AvgIpc) is 3.42. The van der Waals surface area contributed by atoms with E-state index in [0.29, 0.717) is 4.67 Å². The van der Waals surface area contributed by atoms with Gasteiger partial charge in [-0.2, -0.15) is 0 Å². The van der Waals surface area contributed by atoms with E-state index in [1.807, 2.05) is 60.7 Å². The molecule has 0 saturated carbocycles. The maximum atomic E-state index is 12.2. The molecule has 32 heavy (non-hydrogen) atoms. The van der Waals surface area contributed by atoms with Crippen LogP contribution in [-0.4, -0.2) is 15.5 Å². The third-order valence-electron chi connectivity index (χ3n) is 5.29. The van der Waals surface area contributed by atoms with E-state index in [4.69, 9.17) is 9.40 Å². The number of carbonyl (C=O) groups excluding carboxylic acids is 1. The Hall–Kier alpha value is -3.64. The van der Waals surface area contributed by atoms with Crippen LogP contribution in [0, 0.1) is 0 Å². The number of aromatic nitrogens is 2. The number of carbonyl (C=O) groups is 1. The quantitative estimate of drug-likeness (QED) is 0.301. The van der Waals surface area contributed by atoms with Gasteiger partial charge in [0.25, 0.3) is 5.91 Å². The van der Waals surface area contributed by atoms with Crippen LogP contribution in [0.4, 0.5) is 5.69 Å². The molecule has 2 heterocycles. The predicted molar refractivity (Wildman–Crippen MR) is 129 cm³/mol. The van der Waals surface area contributed by atoms with Crippen molar-refractivity contribution in [3.63, 3.8) is 0 Å². The lowest BCUT2D eigenvalue weighted by Gasteiger charge is -2.10. The van der Waals surface area contributed by atoms with Gasteiger partial charge in [0.05, 0.1) is 11.0 Å². The van der Waals surface area contributed by atoms with Crippen LogP contribution in [0.25, 0.3) is 16.7 Å². The number of amides is 1. The Bertz CT molecular complexity index is 1370. The summed E-state index contributed by atoms with van der Waals surface area (Å²) in [4.78, 5) is 17.1. The number of para-hydroxylation sites is 3. The first-order chi connectivity index (χ1) is 15.7. The number of imidazole rings is 1. The Labute approximate surface area is 193 Å². The van der Waals surface area contributed by atoms with E-state index in [1.54, 1.807) is 12.1 Å². The van der Waals surface area contributed by atoms with Gasteiger partial charge >= 0.3 is 0 Å². The lowest BCUT2D eigenvalue weighted by Crippen LogP contribution is -2.10. The van der Waals surface area contributed by atoms with Crippen LogP contribution in [0.3, 0.4) is 0 Å². The first-order valence-corrected chi connectivity index (χ1v) is 11.1. The Morgan fingerprint density at radius 1 is 0.875 bits per heavy atom. The predicted octanol–water partition coefficient (Wildman–Crippen LogP) is 6.42. The van der Waals surface area contributed by atoms with E-state index in [-0.39, 0.29) is 11.7 Å². The van der Waals surface area contributed by atoms with Crippen molar-refractivity contribution >= 4 is 38.6 Å². The highest BCUT2D eigenvalue weighted by molar-refractivity contribution is 9.10. The van der Waals surface area contributed by atoms with Crippen molar-refractivity contribution in [3.8, 4) is 5.69 Å². The molecule has 0 aliphatic heterocycles. The van der Waals surface area contributed by atoms with Crippen LogP contribution < -0.4 is 5.32 Å². The van der Waals surface area contributed by atoms with E-state index < -0.39 is 0 Å². The number of benzene rings is 3. The summed E-state index contributed by atoms with van der Waals surface area (Å²) >= 11 is 3.21. The number of fused-ring (bicyclic) bond motifs is 1. The highest BCUT2D eigenvalue weighted by Crippen LogP contribution is 2.23. The number of aryl methyl sites for hydroxylation is 2. The minimum Gasteiger partial charge on any atom is -0.444 e. The van der Waals surface area contributed by atoms with Crippen molar-refractivity contribution in [3.05, 3.63) is 113 Å². The van der Waals surface area contributed by atoms with Crippen molar-refractivity contribution in [1.29, 1.82) is 0 Å². The maximum absolute atomic E-state index is 12.2. The molecule has 6 heteroatoms. The second-order valence-electron chi connectivity index (χ2n) is 7.44. The van der Waals surface area contributed by atoms with Crippen molar-refractivity contribution in [2.75, 3.05) is 5.32 Å². The maximum Gasteiger partial charge on any atom is 0.291 e. The van der Waals surface area contributed by atoms with Gasteiger partial charge in [-0.05, 0) is 76.4 Å². The van der Waals surface area contributed by atoms with Gasteiger partial charge in [-0.15, -0.1) is 0 Å². The van der Waals surface area contributed by atoms with Gasteiger partial charge in [0.1, 0.15) is 5.82 Å². The number of anilines is 1. The normalized spacial score (nSPS) is 11.0. The molecule has 0 atom stereocenters. The van der Waals surface area contributed by atoms with Crippen LogP contribution in [0.2, 0.25) is 0 Å². The molecule has 2 aromatic heterocycles. The first kappa shape index (κ1) is 20.3. The van der Waals surface area contributed by atoms with Gasteiger partial charge in [0, 0.05) is 17.8 Å². The number of furan rings is 1. The number of nitrogens with one attached hydrogen (secondary N) is 1. The Morgan fingerprint density at radius 3 is 2.38 bits per heavy atom. The van der Waals surface area contributed by atoms with Gasteiger partial charge in [-0.25, -0.2) is 4.98 Å². The molecule has 5 nitrogen and oxygen atoms in total. The molecule has 5 rings (SSSR count). The van der Waals surface area contributed by atoms with E-state index >= 15 is 0 Å². The molecule has 0 fully saturated rings. The van der Waals surface area contributed by atoms with Crippen LogP contribution in [0.15, 0.2) is 100 Å². The molecule has 1 N–H and O–H groups in total. The lowest BCUT2D eigenvalue weighted by atomic mass is 10.1.